The van der Waals surface area contributed by atoms with Crippen LogP contribution in [0.5, 0.6) is 11.5 Å². The Hall–Kier alpha value is -8.74. The van der Waals surface area contributed by atoms with E-state index >= 15 is 0 Å². The molecular weight excluding hydrogens is 1420 g/mol. The number of benzene rings is 7. The number of likely N-dealkylation sites (N-methyl/N-ethyl adjacent to an activating group) is 2. The van der Waals surface area contributed by atoms with Crippen molar-refractivity contribution in [3.05, 3.63) is 220 Å². The molecule has 6 unspecified atom stereocenters. The van der Waals surface area contributed by atoms with Gasteiger partial charge < -0.3 is 50.1 Å². The predicted molar refractivity (Wildman–Crippen MR) is 382 cm³/mol. The van der Waals surface area contributed by atoms with Crippen LogP contribution in [0.4, 0.5) is 16.2 Å². The number of nitrogens with zero attached hydrogens (tertiary/aromatic N) is 7. The standard InChI is InChI=1S/C30H30Cl2N4O4.C23H15Cl2IN2O4.C11H12N2O2.C7H14N2/c1-18(2)40-25-16-23(39-3)12-13-24(25)29-34-27(19-4-8-21(31)9-5-19)28(20-6-10-22(32)11-7-20)36(29)30(38)35-15-14-33-26(37)17-35;24-14-5-1-12(2-6-14)19-21(29)27-18-10-9-16(26)11-17(18)22(30)28(19)20(23(31)32)13-3-7-15(25)8-4-13;1-7-10(14)12-9-6-4-3-5-8(9)11(15)13(7)2;1-5-6(2)9(4)7(3)8-5/h4-13,16,18,27-28H,14-15,17H2,1-3H3,(H,33,37);1-11,19-20H,(H,27,29)(H,31,32);3-7H,1-2H3,(H,12,14);5-6H,1-4H3/t;19?,20-;;/m.0../s1. The summed E-state index contributed by atoms with van der Waals surface area (Å²) in [6.45, 7) is 12.7. The molecule has 20 nitrogen and oxygen atoms in total. The lowest BCUT2D eigenvalue weighted by atomic mass is 9.93. The molecule has 500 valence electrons. The number of fused-ring (bicyclic) bond motifs is 2. The summed E-state index contributed by atoms with van der Waals surface area (Å²) in [6.07, 6.45) is -0.137. The zero-order valence-corrected chi connectivity index (χ0v) is 59.1. The van der Waals surface area contributed by atoms with E-state index in [9.17, 15) is 38.7 Å². The number of halogens is 5. The van der Waals surface area contributed by atoms with Gasteiger partial charge in [0.25, 0.3) is 17.7 Å². The normalized spacial score (nSPS) is 20.0. The Morgan fingerprint density at radius 3 is 1.78 bits per heavy atom. The molecule has 7 aromatic carbocycles. The first kappa shape index (κ1) is 71.6. The fourth-order valence-corrected chi connectivity index (χ4v) is 12.3. The highest BCUT2D eigenvalue weighted by Gasteiger charge is 2.47. The number of carbonyl (C=O) groups is 7. The van der Waals surface area contributed by atoms with Crippen molar-refractivity contribution >= 4 is 134 Å². The molecule has 4 N–H and O–H groups in total. The fraction of sp³-hybridized carbons (Fsp3) is 0.282. The van der Waals surface area contributed by atoms with Gasteiger partial charge in [-0.2, -0.15) is 0 Å². The number of urea groups is 1. The number of para-hydroxylation sites is 1. The van der Waals surface area contributed by atoms with Gasteiger partial charge in [0.2, 0.25) is 11.8 Å². The second-order valence-electron chi connectivity index (χ2n) is 23.4. The summed E-state index contributed by atoms with van der Waals surface area (Å²) in [7, 11) is 5.31. The van der Waals surface area contributed by atoms with Crippen molar-refractivity contribution in [2.45, 2.75) is 89.9 Å². The van der Waals surface area contributed by atoms with Gasteiger partial charge in [-0.1, -0.05) is 107 Å². The van der Waals surface area contributed by atoms with Gasteiger partial charge in [0, 0.05) is 63.0 Å². The average molecular weight is 1490 g/mol. The number of ether oxygens (including phenoxy) is 2. The third kappa shape index (κ3) is 16.4. The monoisotopic (exact) mass is 1490 g/mol. The van der Waals surface area contributed by atoms with Gasteiger partial charge in [-0.15, -0.1) is 0 Å². The predicted octanol–water partition coefficient (Wildman–Crippen LogP) is 13.7. The molecule has 25 heteroatoms. The van der Waals surface area contributed by atoms with Gasteiger partial charge in [-0.05, 0) is 177 Å². The Balaban J connectivity index is 0.000000170. The molecule has 1 fully saturated rings. The van der Waals surface area contributed by atoms with E-state index in [-0.39, 0.29) is 42.0 Å². The van der Waals surface area contributed by atoms with Crippen LogP contribution in [-0.4, -0.2) is 148 Å². The Morgan fingerprint density at radius 2 is 1.23 bits per heavy atom. The number of hydrogen-bond donors (Lipinski definition) is 4. The molecule has 5 aliphatic rings. The summed E-state index contributed by atoms with van der Waals surface area (Å²) < 4.78 is 12.4. The molecule has 12 rings (SSSR count). The van der Waals surface area contributed by atoms with Crippen LogP contribution in [-0.2, 0) is 19.2 Å². The van der Waals surface area contributed by atoms with E-state index in [1.165, 1.54) is 17.0 Å². The van der Waals surface area contributed by atoms with Gasteiger partial charge in [0.05, 0.1) is 59.2 Å². The molecule has 0 spiro atoms. The third-order valence-corrected chi connectivity index (χ3v) is 18.5. The summed E-state index contributed by atoms with van der Waals surface area (Å²) in [6, 6.07) is 41.6. The first-order valence-electron chi connectivity index (χ1n) is 30.6. The number of hydrogen-bond acceptors (Lipinski definition) is 12. The highest BCUT2D eigenvalue weighted by Crippen LogP contribution is 2.46. The number of piperazine rings is 1. The number of nitrogens with one attached hydrogen (secondary N) is 3. The lowest BCUT2D eigenvalue weighted by Gasteiger charge is -2.36. The maximum absolute atomic E-state index is 14.3. The molecule has 1 saturated heterocycles. The van der Waals surface area contributed by atoms with Crippen molar-refractivity contribution in [3.63, 3.8) is 0 Å². The Labute approximate surface area is 590 Å². The van der Waals surface area contributed by atoms with E-state index in [2.05, 4.69) is 76.3 Å². The summed E-state index contributed by atoms with van der Waals surface area (Å²) in [5, 5.41) is 20.5. The van der Waals surface area contributed by atoms with Gasteiger partial charge >= 0.3 is 12.0 Å². The molecule has 96 heavy (non-hydrogen) atoms. The van der Waals surface area contributed by atoms with Crippen molar-refractivity contribution in [2.24, 2.45) is 9.98 Å². The molecule has 0 radical (unpaired) electrons. The number of anilines is 2. The molecule has 0 bridgehead atoms. The van der Waals surface area contributed by atoms with E-state index in [0.717, 1.165) is 25.4 Å². The maximum atomic E-state index is 14.3. The zero-order valence-electron chi connectivity index (χ0n) is 53.9. The van der Waals surface area contributed by atoms with Crippen LogP contribution in [0.3, 0.4) is 0 Å². The van der Waals surface area contributed by atoms with Gasteiger partial charge in [0.1, 0.15) is 42.0 Å². The van der Waals surface area contributed by atoms with E-state index in [1.807, 2.05) is 62.4 Å². The Kier molecular flexibility index (Phi) is 23.4. The van der Waals surface area contributed by atoms with E-state index < -0.39 is 48.0 Å². The maximum Gasteiger partial charge on any atom is 0.331 e. The van der Waals surface area contributed by atoms with E-state index in [1.54, 1.807) is 128 Å². The smallest absolute Gasteiger partial charge is 0.331 e. The highest BCUT2D eigenvalue weighted by atomic mass is 127. The number of carboxylic acid groups (broad SMARTS) is 1. The van der Waals surface area contributed by atoms with Crippen LogP contribution in [0.15, 0.2) is 168 Å². The molecule has 7 atom stereocenters. The minimum atomic E-state index is -1.44. The number of amidine groups is 2. The lowest BCUT2D eigenvalue weighted by molar-refractivity contribution is -0.144. The van der Waals surface area contributed by atoms with E-state index in [0.29, 0.717) is 96.2 Å². The van der Waals surface area contributed by atoms with Crippen LogP contribution in [0, 0.1) is 3.57 Å². The first-order valence-corrected chi connectivity index (χ1v) is 33.2. The van der Waals surface area contributed by atoms with Crippen molar-refractivity contribution in [3.8, 4) is 11.5 Å². The number of amides is 7. The number of aliphatic imine (C=N–C) groups is 2. The van der Waals surface area contributed by atoms with Gasteiger partial charge in [-0.25, -0.2) is 9.59 Å². The quantitative estimate of drug-likeness (QED) is 0.0940. The SMILES string of the molecule is CC1=NC(C)C(C)N1C.CC1C(=O)Nc2ccccc2C(=O)N1C.COc1ccc(C2=NC(c3ccc(Cl)cc3)C(c3ccc(Cl)cc3)N2C(=O)N2CCNC(=O)C2)c(OC(C)C)c1.O=C1Nc2ccc(I)cc2C(=O)N([C@H](C(=O)O)c2ccc(Cl)cc2)C1c1ccc(Cl)cc1. The number of rotatable bonds is 10. The molecule has 0 saturated carbocycles. The van der Waals surface area contributed by atoms with Gasteiger partial charge in [-0.3, -0.25) is 38.9 Å². The van der Waals surface area contributed by atoms with Crippen LogP contribution >= 0.6 is 69.0 Å². The van der Waals surface area contributed by atoms with Crippen LogP contribution in [0.2, 0.25) is 20.1 Å². The molecule has 0 aliphatic carbocycles. The zero-order chi connectivity index (χ0) is 69.4. The third-order valence-electron chi connectivity index (χ3n) is 16.8. The van der Waals surface area contributed by atoms with Crippen LogP contribution in [0.1, 0.15) is 114 Å². The molecule has 7 aromatic rings. The number of carbonyl (C=O) groups excluding carboxylic acids is 6. The van der Waals surface area contributed by atoms with Crippen LogP contribution in [0.25, 0.3) is 0 Å². The molecule has 5 heterocycles. The van der Waals surface area contributed by atoms with Crippen molar-refractivity contribution in [1.29, 1.82) is 0 Å². The van der Waals surface area contributed by atoms with E-state index in [4.69, 9.17) is 60.9 Å². The van der Waals surface area contributed by atoms with Crippen LogP contribution < -0.4 is 25.4 Å². The number of aliphatic carboxylic acids is 1. The molecular formula is C71H71Cl4IN10O10. The largest absolute Gasteiger partial charge is 0.497 e. The minimum Gasteiger partial charge on any atom is -0.497 e. The highest BCUT2D eigenvalue weighted by molar-refractivity contribution is 14.1. The topological polar surface area (TPSA) is 235 Å². The average Bonchev–Trinajstić information content (AvgIpc) is 1.57. The summed E-state index contributed by atoms with van der Waals surface area (Å²) in [5.41, 5.74) is 4.77. The molecule has 7 amide bonds. The minimum absolute atomic E-state index is 0.0421. The fourth-order valence-electron chi connectivity index (χ4n) is 11.3. The van der Waals surface area contributed by atoms with Crippen molar-refractivity contribution in [2.75, 3.05) is 51.5 Å². The van der Waals surface area contributed by atoms with Crippen molar-refractivity contribution in [1.82, 2.24) is 29.8 Å². The summed E-state index contributed by atoms with van der Waals surface area (Å²) in [5.74, 6) is -0.123. The molecule has 5 aliphatic heterocycles. The first-order chi connectivity index (χ1) is 45.7. The number of carboxylic acids is 1. The summed E-state index contributed by atoms with van der Waals surface area (Å²) in [4.78, 5) is 107. The lowest BCUT2D eigenvalue weighted by Crippen LogP contribution is -2.55. The Bertz CT molecular complexity index is 4130. The summed E-state index contributed by atoms with van der Waals surface area (Å²) >= 11 is 26.5. The molecule has 0 aromatic heterocycles. The second kappa shape index (κ2) is 31.4. The number of methoxy groups -OCH3 is 1. The Morgan fingerprint density at radius 1 is 0.656 bits per heavy atom. The second-order valence-corrected chi connectivity index (χ2v) is 26.4. The van der Waals surface area contributed by atoms with Crippen molar-refractivity contribution < 1.29 is 48.1 Å². The van der Waals surface area contributed by atoms with Gasteiger partial charge in [0.15, 0.2) is 6.04 Å².